The number of amides is 1. The molecule has 1 amide bonds. The van der Waals surface area contributed by atoms with Crippen molar-refractivity contribution in [1.82, 2.24) is 24.4 Å². The Labute approximate surface area is 173 Å². The van der Waals surface area contributed by atoms with Crippen molar-refractivity contribution in [2.75, 3.05) is 44.8 Å². The van der Waals surface area contributed by atoms with Gasteiger partial charge in [0.15, 0.2) is 0 Å². The summed E-state index contributed by atoms with van der Waals surface area (Å²) in [5, 5.41) is 0.242. The number of carbonyl (C=O) groups is 1. The number of nitrogens with zero attached hydrogens (tertiary/aromatic N) is 6. The number of aryl methyl sites for hydroxylation is 2. The third-order valence-corrected chi connectivity index (χ3v) is 5.22. The molecule has 0 saturated carbocycles. The van der Waals surface area contributed by atoms with E-state index in [1.165, 1.54) is 10.9 Å². The standard InChI is InChI=1S/C20H24N6O4/c1-14-15(16-17(30-14)23-13-26(19(16)28)7-4-12-29-2)18(27)24-8-10-25(11-9-24)20-21-5-3-6-22-20/h3,5-6,13H,4,7-12H2,1-2H3. The maximum atomic E-state index is 13.3. The third-order valence-electron chi connectivity index (χ3n) is 5.22. The molecule has 4 heterocycles. The van der Waals surface area contributed by atoms with E-state index in [2.05, 4.69) is 15.0 Å². The molecule has 0 atom stereocenters. The van der Waals surface area contributed by atoms with Gasteiger partial charge in [-0.2, -0.15) is 0 Å². The first-order valence-electron chi connectivity index (χ1n) is 9.89. The minimum absolute atomic E-state index is 0.195. The molecule has 0 N–H and O–H groups in total. The van der Waals surface area contributed by atoms with E-state index in [-0.39, 0.29) is 22.6 Å². The first kappa shape index (κ1) is 20.0. The number of piperazine rings is 1. The molecular formula is C20H24N6O4. The van der Waals surface area contributed by atoms with Gasteiger partial charge in [0.1, 0.15) is 17.5 Å². The van der Waals surface area contributed by atoms with Crippen LogP contribution in [0.2, 0.25) is 0 Å². The quantitative estimate of drug-likeness (QED) is 0.554. The Balaban J connectivity index is 1.56. The van der Waals surface area contributed by atoms with E-state index in [0.717, 1.165) is 0 Å². The minimum atomic E-state index is -0.271. The van der Waals surface area contributed by atoms with E-state index < -0.39 is 0 Å². The predicted octanol–water partition coefficient (Wildman–Crippen LogP) is 1.09. The normalized spacial score (nSPS) is 14.5. The number of hydrogen-bond donors (Lipinski definition) is 0. The molecule has 10 heteroatoms. The monoisotopic (exact) mass is 412 g/mol. The van der Waals surface area contributed by atoms with Crippen LogP contribution in [0, 0.1) is 6.92 Å². The van der Waals surface area contributed by atoms with Crippen molar-refractivity contribution in [3.63, 3.8) is 0 Å². The van der Waals surface area contributed by atoms with Crippen molar-refractivity contribution in [3.05, 3.63) is 46.5 Å². The number of fused-ring (bicyclic) bond motifs is 1. The molecule has 0 bridgehead atoms. The van der Waals surface area contributed by atoms with Gasteiger partial charge in [-0.05, 0) is 19.4 Å². The number of ether oxygens (including phenoxy) is 1. The molecule has 3 aromatic heterocycles. The molecule has 30 heavy (non-hydrogen) atoms. The van der Waals surface area contributed by atoms with Crippen LogP contribution < -0.4 is 10.5 Å². The van der Waals surface area contributed by atoms with Gasteiger partial charge in [-0.25, -0.2) is 15.0 Å². The minimum Gasteiger partial charge on any atom is -0.442 e. The fourth-order valence-electron chi connectivity index (χ4n) is 3.66. The maximum Gasteiger partial charge on any atom is 0.265 e. The van der Waals surface area contributed by atoms with Crippen molar-refractivity contribution in [1.29, 1.82) is 0 Å². The van der Waals surface area contributed by atoms with E-state index in [0.29, 0.717) is 63.0 Å². The van der Waals surface area contributed by atoms with Crippen molar-refractivity contribution >= 4 is 23.0 Å². The van der Waals surface area contributed by atoms with Crippen molar-refractivity contribution < 1.29 is 13.9 Å². The van der Waals surface area contributed by atoms with Crippen LogP contribution in [0.1, 0.15) is 22.5 Å². The van der Waals surface area contributed by atoms with E-state index in [4.69, 9.17) is 9.15 Å². The lowest BCUT2D eigenvalue weighted by Gasteiger charge is -2.34. The van der Waals surface area contributed by atoms with Crippen LogP contribution in [0.25, 0.3) is 11.1 Å². The second-order valence-electron chi connectivity index (χ2n) is 7.13. The number of anilines is 1. The van der Waals surface area contributed by atoms with Gasteiger partial charge >= 0.3 is 0 Å². The summed E-state index contributed by atoms with van der Waals surface area (Å²) in [5.41, 5.74) is 0.223. The fourth-order valence-corrected chi connectivity index (χ4v) is 3.66. The van der Waals surface area contributed by atoms with Crippen LogP contribution in [0.3, 0.4) is 0 Å². The molecule has 0 aliphatic carbocycles. The summed E-state index contributed by atoms with van der Waals surface area (Å²) in [4.78, 5) is 42.8. The number of hydrogen-bond acceptors (Lipinski definition) is 8. The SMILES string of the molecule is COCCCn1cnc2oc(C)c(C(=O)N3CCN(c4ncccn4)CC3)c2c1=O. The van der Waals surface area contributed by atoms with Crippen LogP contribution in [0.4, 0.5) is 5.95 Å². The second-order valence-corrected chi connectivity index (χ2v) is 7.13. The zero-order chi connectivity index (χ0) is 21.1. The molecule has 0 aromatic carbocycles. The topological polar surface area (TPSA) is 107 Å². The highest BCUT2D eigenvalue weighted by Gasteiger charge is 2.29. The number of rotatable bonds is 6. The number of aromatic nitrogens is 4. The van der Waals surface area contributed by atoms with Gasteiger partial charge < -0.3 is 19.0 Å². The molecule has 158 valence electrons. The molecule has 0 radical (unpaired) electrons. The highest BCUT2D eigenvalue weighted by Crippen LogP contribution is 2.23. The lowest BCUT2D eigenvalue weighted by molar-refractivity contribution is 0.0746. The first-order chi connectivity index (χ1) is 14.6. The smallest absolute Gasteiger partial charge is 0.265 e. The Morgan fingerprint density at radius 3 is 2.60 bits per heavy atom. The lowest BCUT2D eigenvalue weighted by Crippen LogP contribution is -2.49. The molecule has 1 saturated heterocycles. The molecule has 1 aliphatic rings. The summed E-state index contributed by atoms with van der Waals surface area (Å²) in [6.45, 7) is 4.93. The van der Waals surface area contributed by atoms with Crippen molar-refractivity contribution in [2.45, 2.75) is 19.9 Å². The molecule has 3 aromatic rings. The Hall–Kier alpha value is -3.27. The fraction of sp³-hybridized carbons (Fsp3) is 0.450. The maximum absolute atomic E-state index is 13.3. The number of furan rings is 1. The van der Waals surface area contributed by atoms with Crippen LogP contribution in [-0.2, 0) is 11.3 Å². The van der Waals surface area contributed by atoms with Gasteiger partial charge in [-0.15, -0.1) is 0 Å². The van der Waals surface area contributed by atoms with E-state index in [1.54, 1.807) is 37.4 Å². The summed E-state index contributed by atoms with van der Waals surface area (Å²) >= 11 is 0. The second kappa shape index (κ2) is 8.62. The summed E-state index contributed by atoms with van der Waals surface area (Å²) in [7, 11) is 1.62. The number of methoxy groups -OCH3 is 1. The Morgan fingerprint density at radius 1 is 1.17 bits per heavy atom. The van der Waals surface area contributed by atoms with E-state index in [9.17, 15) is 9.59 Å². The Kier molecular flexibility index (Phi) is 5.75. The van der Waals surface area contributed by atoms with Crippen LogP contribution in [0.5, 0.6) is 0 Å². The molecular weight excluding hydrogens is 388 g/mol. The third kappa shape index (κ3) is 3.78. The highest BCUT2D eigenvalue weighted by molar-refractivity contribution is 6.06. The van der Waals surface area contributed by atoms with Crippen LogP contribution in [0.15, 0.2) is 34.0 Å². The summed E-state index contributed by atoms with van der Waals surface area (Å²) in [6, 6.07) is 1.77. The molecule has 4 rings (SSSR count). The van der Waals surface area contributed by atoms with Gasteiger partial charge in [0.2, 0.25) is 11.7 Å². The van der Waals surface area contributed by atoms with E-state index in [1.807, 2.05) is 4.90 Å². The van der Waals surface area contributed by atoms with Crippen LogP contribution in [-0.4, -0.2) is 70.2 Å². The molecule has 0 unspecified atom stereocenters. The van der Waals surface area contributed by atoms with Crippen LogP contribution >= 0.6 is 0 Å². The highest BCUT2D eigenvalue weighted by atomic mass is 16.5. The average molecular weight is 412 g/mol. The van der Waals surface area contributed by atoms with Crippen molar-refractivity contribution in [2.24, 2.45) is 0 Å². The zero-order valence-corrected chi connectivity index (χ0v) is 17.1. The van der Waals surface area contributed by atoms with Gasteiger partial charge in [0.05, 0.1) is 5.56 Å². The Morgan fingerprint density at radius 2 is 1.90 bits per heavy atom. The summed E-state index contributed by atoms with van der Waals surface area (Å²) < 4.78 is 12.2. The van der Waals surface area contributed by atoms with Gasteiger partial charge in [-0.3, -0.25) is 14.2 Å². The molecule has 1 aliphatic heterocycles. The predicted molar refractivity (Wildman–Crippen MR) is 110 cm³/mol. The molecule has 1 fully saturated rings. The summed E-state index contributed by atoms with van der Waals surface area (Å²) in [5.74, 6) is 0.842. The van der Waals surface area contributed by atoms with Gasteiger partial charge in [0, 0.05) is 58.8 Å². The Bertz CT molecular complexity index is 1090. The van der Waals surface area contributed by atoms with Crippen molar-refractivity contribution in [3.8, 4) is 0 Å². The largest absolute Gasteiger partial charge is 0.442 e. The summed E-state index contributed by atoms with van der Waals surface area (Å²) in [6.07, 6.45) is 5.53. The molecule has 10 nitrogen and oxygen atoms in total. The molecule has 0 spiro atoms. The van der Waals surface area contributed by atoms with E-state index >= 15 is 0 Å². The van der Waals surface area contributed by atoms with Gasteiger partial charge in [0.25, 0.3) is 11.5 Å². The van der Waals surface area contributed by atoms with Gasteiger partial charge in [-0.1, -0.05) is 0 Å². The lowest BCUT2D eigenvalue weighted by atomic mass is 10.1. The first-order valence-corrected chi connectivity index (χ1v) is 9.89. The average Bonchev–Trinajstić information content (AvgIpc) is 3.12. The number of carbonyl (C=O) groups excluding carboxylic acids is 1. The zero-order valence-electron chi connectivity index (χ0n) is 17.1.